The summed E-state index contributed by atoms with van der Waals surface area (Å²) in [6.45, 7) is 6.08. The Kier molecular flexibility index (Phi) is 10.3. The molecule has 0 radical (unpaired) electrons. The second-order valence-corrected chi connectivity index (χ2v) is 13.3. The molecule has 0 unspecified atom stereocenters. The summed E-state index contributed by atoms with van der Waals surface area (Å²) in [6, 6.07) is 22.8. The van der Waals surface area contributed by atoms with Crippen LogP contribution in [0.15, 0.2) is 95.9 Å². The van der Waals surface area contributed by atoms with Gasteiger partial charge >= 0.3 is 0 Å². The molecule has 1 aliphatic rings. The minimum Gasteiger partial charge on any atom is -0.493 e. The number of nitrogens with one attached hydrogen (secondary N) is 1. The first-order valence-corrected chi connectivity index (χ1v) is 17.5. The van der Waals surface area contributed by atoms with E-state index in [2.05, 4.69) is 27.1 Å². The Morgan fingerprint density at radius 1 is 0.942 bits per heavy atom. The van der Waals surface area contributed by atoms with Gasteiger partial charge in [-0.3, -0.25) is 19.1 Å². The van der Waals surface area contributed by atoms with E-state index in [0.29, 0.717) is 56.5 Å². The molecule has 2 aromatic heterocycles. The number of fused-ring (bicyclic) bond motifs is 2. The normalized spacial score (nSPS) is 13.7. The smallest absolute Gasteiger partial charge is 0.287 e. The number of anilines is 1. The SMILES string of the molecule is COc1cc2c(Oc3ccc(NC(=O)c4nc5ccccc5n(-c5ccc(Cl)cc5)c4=O)cc3F)ccnc2cc1OCCCN1CCC(C)CC1. The molecule has 1 aliphatic heterocycles. The number of ether oxygens (including phenoxy) is 3. The molecule has 3 heterocycles. The van der Waals surface area contributed by atoms with Gasteiger partial charge in [0.05, 0.1) is 30.3 Å². The summed E-state index contributed by atoms with van der Waals surface area (Å²) in [5.41, 5.74) is 1.17. The number of amides is 1. The van der Waals surface area contributed by atoms with Crippen LogP contribution in [0, 0.1) is 11.7 Å². The lowest BCUT2D eigenvalue weighted by Gasteiger charge is -2.30. The van der Waals surface area contributed by atoms with Crippen molar-refractivity contribution in [3.63, 3.8) is 0 Å². The lowest BCUT2D eigenvalue weighted by atomic mass is 9.99. The number of nitrogens with zero attached hydrogens (tertiary/aromatic N) is 4. The average Bonchev–Trinajstić information content (AvgIpc) is 3.15. The van der Waals surface area contributed by atoms with Gasteiger partial charge in [-0.25, -0.2) is 9.37 Å². The van der Waals surface area contributed by atoms with Gasteiger partial charge in [0.15, 0.2) is 28.8 Å². The highest BCUT2D eigenvalue weighted by Crippen LogP contribution is 2.38. The molecule has 0 bridgehead atoms. The fraction of sp³-hybridized carbons (Fsp3) is 0.250. The number of pyridine rings is 1. The number of methoxy groups -OCH3 is 1. The molecule has 12 heteroatoms. The van der Waals surface area contributed by atoms with Gasteiger partial charge in [0.25, 0.3) is 11.5 Å². The summed E-state index contributed by atoms with van der Waals surface area (Å²) in [5, 5.41) is 3.71. The number of rotatable bonds is 11. The quantitative estimate of drug-likeness (QED) is 0.133. The van der Waals surface area contributed by atoms with Crippen LogP contribution in [0.1, 0.15) is 36.7 Å². The molecule has 52 heavy (non-hydrogen) atoms. The Morgan fingerprint density at radius 3 is 2.50 bits per heavy atom. The van der Waals surface area contributed by atoms with E-state index in [0.717, 1.165) is 38.0 Å². The molecule has 1 N–H and O–H groups in total. The highest BCUT2D eigenvalue weighted by atomic mass is 35.5. The Hall–Kier alpha value is -5.52. The van der Waals surface area contributed by atoms with E-state index in [-0.39, 0.29) is 17.1 Å². The van der Waals surface area contributed by atoms with Crippen molar-refractivity contribution < 1.29 is 23.4 Å². The van der Waals surface area contributed by atoms with Gasteiger partial charge in [-0.15, -0.1) is 0 Å². The zero-order valence-electron chi connectivity index (χ0n) is 28.8. The average molecular weight is 722 g/mol. The van der Waals surface area contributed by atoms with E-state index in [1.807, 2.05) is 0 Å². The van der Waals surface area contributed by atoms with Crippen LogP contribution in [0.4, 0.5) is 10.1 Å². The van der Waals surface area contributed by atoms with Crippen LogP contribution in [0.2, 0.25) is 5.02 Å². The summed E-state index contributed by atoms with van der Waals surface area (Å²) in [6.07, 6.45) is 4.94. The number of para-hydroxylation sites is 2. The highest BCUT2D eigenvalue weighted by Gasteiger charge is 2.21. The van der Waals surface area contributed by atoms with Crippen LogP contribution in [-0.4, -0.2) is 58.7 Å². The van der Waals surface area contributed by atoms with Crippen molar-refractivity contribution in [2.45, 2.75) is 26.2 Å². The fourth-order valence-electron chi connectivity index (χ4n) is 6.34. The van der Waals surface area contributed by atoms with Crippen LogP contribution < -0.4 is 25.1 Å². The molecule has 0 spiro atoms. The van der Waals surface area contributed by atoms with E-state index in [4.69, 9.17) is 25.8 Å². The van der Waals surface area contributed by atoms with Crippen LogP contribution in [0.25, 0.3) is 27.6 Å². The number of aromatic nitrogens is 3. The monoisotopic (exact) mass is 721 g/mol. The topological polar surface area (TPSA) is 108 Å². The molecular formula is C40H37ClFN5O5. The predicted octanol–water partition coefficient (Wildman–Crippen LogP) is 8.28. The second kappa shape index (κ2) is 15.4. The summed E-state index contributed by atoms with van der Waals surface area (Å²) in [7, 11) is 1.56. The number of halogens is 2. The molecule has 1 saturated heterocycles. The summed E-state index contributed by atoms with van der Waals surface area (Å²) < 4.78 is 34.6. The first-order valence-electron chi connectivity index (χ1n) is 17.2. The maximum absolute atomic E-state index is 15.5. The maximum Gasteiger partial charge on any atom is 0.287 e. The van der Waals surface area contributed by atoms with Gasteiger partial charge in [-0.1, -0.05) is 30.7 Å². The van der Waals surface area contributed by atoms with Crippen molar-refractivity contribution in [2.75, 3.05) is 38.7 Å². The molecule has 0 atom stereocenters. The van der Waals surface area contributed by atoms with Crippen molar-refractivity contribution in [3.05, 3.63) is 118 Å². The number of carbonyl (C=O) groups excluding carboxylic acids is 1. The highest BCUT2D eigenvalue weighted by molar-refractivity contribution is 6.30. The number of likely N-dealkylation sites (tertiary alicyclic amines) is 1. The zero-order chi connectivity index (χ0) is 36.2. The van der Waals surface area contributed by atoms with E-state index in [1.165, 1.54) is 29.5 Å². The molecule has 6 aromatic rings. The lowest BCUT2D eigenvalue weighted by molar-refractivity contribution is 0.102. The molecule has 1 fully saturated rings. The Bertz CT molecular complexity index is 2310. The molecule has 7 rings (SSSR count). The molecule has 266 valence electrons. The van der Waals surface area contributed by atoms with Gasteiger partial charge < -0.3 is 24.4 Å². The Balaban J connectivity index is 1.07. The molecule has 4 aromatic carbocycles. The first kappa shape index (κ1) is 34.9. The Labute approximate surface area is 304 Å². The third-order valence-corrected chi connectivity index (χ3v) is 9.46. The number of hydrogen-bond acceptors (Lipinski definition) is 8. The number of piperidine rings is 1. The van der Waals surface area contributed by atoms with Crippen molar-refractivity contribution in [2.24, 2.45) is 5.92 Å². The van der Waals surface area contributed by atoms with E-state index < -0.39 is 17.3 Å². The Morgan fingerprint density at radius 2 is 1.73 bits per heavy atom. The van der Waals surface area contributed by atoms with Crippen molar-refractivity contribution in [3.8, 4) is 28.7 Å². The number of carbonyl (C=O) groups is 1. The zero-order valence-corrected chi connectivity index (χ0v) is 29.5. The largest absolute Gasteiger partial charge is 0.493 e. The van der Waals surface area contributed by atoms with Crippen LogP contribution in [0.5, 0.6) is 23.0 Å². The van der Waals surface area contributed by atoms with Gasteiger partial charge in [0.1, 0.15) is 5.75 Å². The molecule has 0 aliphatic carbocycles. The number of benzene rings is 4. The van der Waals surface area contributed by atoms with E-state index in [9.17, 15) is 9.59 Å². The molecule has 1 amide bonds. The molecule has 10 nitrogen and oxygen atoms in total. The third-order valence-electron chi connectivity index (χ3n) is 9.21. The standard InChI is InChI=1S/C40H37ClFN5O5/c1-25-15-19-46(20-16-25)18-5-21-51-37-24-32-29(23-36(37)50-2)34(14-17-43-32)52-35-13-10-27(22-30(35)42)44-39(48)38-40(49)47(28-11-8-26(41)9-12-28)33-7-4-3-6-31(33)45-38/h3-4,6-14,17,22-25H,5,15-16,18-21H2,1-2H3,(H,44,48). The van der Waals surface area contributed by atoms with Crippen LogP contribution >= 0.6 is 11.6 Å². The van der Waals surface area contributed by atoms with Gasteiger partial charge in [-0.2, -0.15) is 0 Å². The minimum absolute atomic E-state index is 0.0779. The van der Waals surface area contributed by atoms with Crippen molar-refractivity contribution in [1.29, 1.82) is 0 Å². The lowest BCUT2D eigenvalue weighted by Crippen LogP contribution is -2.34. The van der Waals surface area contributed by atoms with Crippen molar-refractivity contribution in [1.82, 2.24) is 19.4 Å². The third kappa shape index (κ3) is 7.56. The van der Waals surface area contributed by atoms with Crippen LogP contribution in [0.3, 0.4) is 0 Å². The summed E-state index contributed by atoms with van der Waals surface area (Å²) in [5.74, 6) is 0.621. The predicted molar refractivity (Wildman–Crippen MR) is 200 cm³/mol. The summed E-state index contributed by atoms with van der Waals surface area (Å²) >= 11 is 6.07. The minimum atomic E-state index is -0.794. The first-order chi connectivity index (χ1) is 25.3. The van der Waals surface area contributed by atoms with Gasteiger partial charge in [-0.05, 0) is 98.9 Å². The van der Waals surface area contributed by atoms with E-state index >= 15 is 4.39 Å². The fourth-order valence-corrected chi connectivity index (χ4v) is 6.47. The molecule has 0 saturated carbocycles. The van der Waals surface area contributed by atoms with Crippen molar-refractivity contribution >= 4 is 45.1 Å². The van der Waals surface area contributed by atoms with Gasteiger partial charge in [0.2, 0.25) is 0 Å². The maximum atomic E-state index is 15.5. The van der Waals surface area contributed by atoms with E-state index in [1.54, 1.807) is 80.0 Å². The van der Waals surface area contributed by atoms with Gasteiger partial charge in [0, 0.05) is 46.7 Å². The summed E-state index contributed by atoms with van der Waals surface area (Å²) in [4.78, 5) is 38.3. The second-order valence-electron chi connectivity index (χ2n) is 12.8. The molecular weight excluding hydrogens is 685 g/mol. The number of hydrogen-bond donors (Lipinski definition) is 1. The van der Waals surface area contributed by atoms with Crippen LogP contribution in [-0.2, 0) is 0 Å².